The third-order valence-corrected chi connectivity index (χ3v) is 3.52. The van der Waals surface area contributed by atoms with Gasteiger partial charge in [0.2, 0.25) is 0 Å². The number of carbonyl (C=O) groups excluding carboxylic acids is 2. The summed E-state index contributed by atoms with van der Waals surface area (Å²) in [6, 6.07) is 15.3. The Morgan fingerprint density at radius 2 is 1.88 bits per heavy atom. The van der Waals surface area contributed by atoms with E-state index < -0.39 is 0 Å². The van der Waals surface area contributed by atoms with Gasteiger partial charge in [-0.15, -0.1) is 0 Å². The summed E-state index contributed by atoms with van der Waals surface area (Å²) in [6.45, 7) is 1.95. The van der Waals surface area contributed by atoms with Gasteiger partial charge in [0.15, 0.2) is 5.76 Å². The van der Waals surface area contributed by atoms with Crippen molar-refractivity contribution >= 4 is 23.3 Å². The average Bonchev–Trinajstić information content (AvgIpc) is 3.12. The topological polar surface area (TPSA) is 84.2 Å². The zero-order valence-electron chi connectivity index (χ0n) is 13.7. The van der Waals surface area contributed by atoms with E-state index in [9.17, 15) is 9.59 Å². The fraction of sp³-hybridized carbons (Fsp3) is 0.105. The smallest absolute Gasteiger partial charge is 0.291 e. The Bertz CT molecular complexity index is 888. The zero-order valence-corrected chi connectivity index (χ0v) is 13.7. The van der Waals surface area contributed by atoms with Crippen LogP contribution in [0.15, 0.2) is 65.2 Å². The Morgan fingerprint density at radius 3 is 2.60 bits per heavy atom. The molecule has 0 radical (unpaired) electrons. The highest BCUT2D eigenvalue weighted by molar-refractivity contribution is 6.06. The predicted octanol–water partition coefficient (Wildman–Crippen LogP) is 3.74. The zero-order chi connectivity index (χ0) is 17.6. The normalized spacial score (nSPS) is 10.3. The summed E-state index contributed by atoms with van der Waals surface area (Å²) in [5.41, 5.74) is 0.922. The number of aromatic nitrogens is 1. The molecule has 0 aliphatic carbocycles. The van der Waals surface area contributed by atoms with Crippen LogP contribution in [0.4, 0.5) is 11.5 Å². The van der Waals surface area contributed by atoms with Crippen LogP contribution >= 0.6 is 0 Å². The Balaban J connectivity index is 1.70. The van der Waals surface area contributed by atoms with E-state index in [0.717, 1.165) is 12.2 Å². The molecule has 0 fully saturated rings. The second-order valence-electron chi connectivity index (χ2n) is 5.32. The summed E-state index contributed by atoms with van der Waals surface area (Å²) in [7, 11) is 0. The molecule has 3 rings (SSSR count). The van der Waals surface area contributed by atoms with Crippen molar-refractivity contribution in [2.45, 2.75) is 13.3 Å². The molecule has 0 saturated heterocycles. The van der Waals surface area contributed by atoms with Crippen molar-refractivity contribution in [2.75, 3.05) is 10.6 Å². The van der Waals surface area contributed by atoms with Crippen LogP contribution < -0.4 is 10.6 Å². The highest BCUT2D eigenvalue weighted by Crippen LogP contribution is 2.15. The van der Waals surface area contributed by atoms with E-state index in [-0.39, 0.29) is 17.6 Å². The standard InChI is InChI=1S/C19H17N3O3/c1-2-15-9-10-16(25-15)19(24)21-14-7-5-6-13(12-14)18(23)22-17-8-3-4-11-20-17/h3-12H,2H2,1H3,(H,21,24)(H,20,22,23). The minimum atomic E-state index is -0.359. The third-order valence-electron chi connectivity index (χ3n) is 3.52. The van der Waals surface area contributed by atoms with Gasteiger partial charge in [0.05, 0.1) is 0 Å². The fourth-order valence-corrected chi connectivity index (χ4v) is 2.25. The molecule has 0 bridgehead atoms. The number of nitrogens with zero attached hydrogens (tertiary/aromatic N) is 1. The third kappa shape index (κ3) is 4.11. The maximum atomic E-state index is 12.3. The molecular weight excluding hydrogens is 318 g/mol. The van der Waals surface area contributed by atoms with E-state index >= 15 is 0 Å². The monoisotopic (exact) mass is 335 g/mol. The molecule has 0 aliphatic rings. The summed E-state index contributed by atoms with van der Waals surface area (Å²) in [5.74, 6) is 0.779. The first kappa shape index (κ1) is 16.4. The number of rotatable bonds is 5. The maximum absolute atomic E-state index is 12.3. The van der Waals surface area contributed by atoms with Crippen LogP contribution in [0.3, 0.4) is 0 Å². The van der Waals surface area contributed by atoms with Gasteiger partial charge >= 0.3 is 0 Å². The molecule has 2 aromatic heterocycles. The number of pyridine rings is 1. The van der Waals surface area contributed by atoms with Gasteiger partial charge in [-0.2, -0.15) is 0 Å². The molecule has 2 amide bonds. The number of carbonyl (C=O) groups is 2. The van der Waals surface area contributed by atoms with Crippen molar-refractivity contribution in [1.29, 1.82) is 0 Å². The van der Waals surface area contributed by atoms with Gasteiger partial charge in [0.1, 0.15) is 11.6 Å². The lowest BCUT2D eigenvalue weighted by atomic mass is 10.2. The van der Waals surface area contributed by atoms with Gasteiger partial charge in [-0.1, -0.05) is 19.1 Å². The quantitative estimate of drug-likeness (QED) is 0.744. The van der Waals surface area contributed by atoms with Crippen molar-refractivity contribution in [3.05, 3.63) is 77.9 Å². The second-order valence-corrected chi connectivity index (χ2v) is 5.32. The van der Waals surface area contributed by atoms with Crippen molar-refractivity contribution in [3.8, 4) is 0 Å². The van der Waals surface area contributed by atoms with Crippen LogP contribution in [-0.2, 0) is 6.42 Å². The molecule has 2 heterocycles. The maximum Gasteiger partial charge on any atom is 0.291 e. The number of anilines is 2. The summed E-state index contributed by atoms with van der Waals surface area (Å²) < 4.78 is 5.42. The highest BCUT2D eigenvalue weighted by Gasteiger charge is 2.12. The number of aryl methyl sites for hydroxylation is 1. The Labute approximate surface area is 144 Å². The average molecular weight is 335 g/mol. The van der Waals surface area contributed by atoms with Crippen molar-refractivity contribution < 1.29 is 14.0 Å². The largest absolute Gasteiger partial charge is 0.456 e. The van der Waals surface area contributed by atoms with Crippen LogP contribution in [0.2, 0.25) is 0 Å². The Hall–Kier alpha value is -3.41. The van der Waals surface area contributed by atoms with E-state index in [1.807, 2.05) is 6.92 Å². The van der Waals surface area contributed by atoms with Gasteiger partial charge in [-0.25, -0.2) is 4.98 Å². The molecule has 0 atom stereocenters. The van der Waals surface area contributed by atoms with Crippen LogP contribution in [0, 0.1) is 0 Å². The molecule has 126 valence electrons. The van der Waals surface area contributed by atoms with E-state index in [1.165, 1.54) is 0 Å². The molecule has 0 saturated carbocycles. The van der Waals surface area contributed by atoms with Crippen LogP contribution in [0.5, 0.6) is 0 Å². The molecule has 6 nitrogen and oxygen atoms in total. The molecule has 2 N–H and O–H groups in total. The number of benzene rings is 1. The second kappa shape index (κ2) is 7.44. The van der Waals surface area contributed by atoms with E-state index in [4.69, 9.17) is 4.42 Å². The van der Waals surface area contributed by atoms with Gasteiger partial charge < -0.3 is 15.1 Å². The fourth-order valence-electron chi connectivity index (χ4n) is 2.25. The lowest BCUT2D eigenvalue weighted by molar-refractivity contribution is 0.0992. The van der Waals surface area contributed by atoms with Crippen molar-refractivity contribution in [2.24, 2.45) is 0 Å². The number of hydrogen-bond donors (Lipinski definition) is 2. The number of hydrogen-bond acceptors (Lipinski definition) is 4. The first-order chi connectivity index (χ1) is 12.2. The van der Waals surface area contributed by atoms with Crippen molar-refractivity contribution in [3.63, 3.8) is 0 Å². The van der Waals surface area contributed by atoms with Gasteiger partial charge in [-0.05, 0) is 42.5 Å². The van der Waals surface area contributed by atoms with E-state index in [1.54, 1.807) is 60.8 Å². The Kier molecular flexibility index (Phi) is 4.89. The number of nitrogens with one attached hydrogen (secondary N) is 2. The van der Waals surface area contributed by atoms with E-state index in [0.29, 0.717) is 17.1 Å². The highest BCUT2D eigenvalue weighted by atomic mass is 16.3. The SMILES string of the molecule is CCc1ccc(C(=O)Nc2cccc(C(=O)Nc3ccccn3)c2)o1. The molecule has 1 aromatic carbocycles. The lowest BCUT2D eigenvalue weighted by Gasteiger charge is -2.07. The summed E-state index contributed by atoms with van der Waals surface area (Å²) >= 11 is 0. The molecular formula is C19H17N3O3. The minimum Gasteiger partial charge on any atom is -0.456 e. The van der Waals surface area contributed by atoms with Crippen molar-refractivity contribution in [1.82, 2.24) is 4.98 Å². The lowest BCUT2D eigenvalue weighted by Crippen LogP contribution is -2.14. The summed E-state index contributed by atoms with van der Waals surface area (Å²) in [6.07, 6.45) is 2.32. The minimum absolute atomic E-state index is 0.236. The Morgan fingerprint density at radius 1 is 1.00 bits per heavy atom. The molecule has 0 aliphatic heterocycles. The van der Waals surface area contributed by atoms with E-state index in [2.05, 4.69) is 15.6 Å². The van der Waals surface area contributed by atoms with Crippen LogP contribution in [-0.4, -0.2) is 16.8 Å². The summed E-state index contributed by atoms with van der Waals surface area (Å²) in [5, 5.41) is 5.43. The molecule has 0 unspecified atom stereocenters. The van der Waals surface area contributed by atoms with Crippen LogP contribution in [0.25, 0.3) is 0 Å². The van der Waals surface area contributed by atoms with Gasteiger partial charge in [0.25, 0.3) is 11.8 Å². The molecule has 3 aromatic rings. The molecule has 25 heavy (non-hydrogen) atoms. The summed E-state index contributed by atoms with van der Waals surface area (Å²) in [4.78, 5) is 28.5. The van der Waals surface area contributed by atoms with Gasteiger partial charge in [-0.3, -0.25) is 9.59 Å². The molecule has 6 heteroatoms. The predicted molar refractivity (Wildman–Crippen MR) is 94.7 cm³/mol. The van der Waals surface area contributed by atoms with Crippen LogP contribution in [0.1, 0.15) is 33.6 Å². The number of amides is 2. The first-order valence-electron chi connectivity index (χ1n) is 7.88. The van der Waals surface area contributed by atoms with Gasteiger partial charge in [0, 0.05) is 23.9 Å². The molecule has 0 spiro atoms. The first-order valence-corrected chi connectivity index (χ1v) is 7.88. The number of furan rings is 1.